The van der Waals surface area contributed by atoms with E-state index in [9.17, 15) is 13.2 Å². The molecule has 2 aromatic carbocycles. The van der Waals surface area contributed by atoms with Crippen LogP contribution in [0.2, 0.25) is 5.02 Å². The molecule has 3 aromatic rings. The quantitative estimate of drug-likeness (QED) is 0.398. The van der Waals surface area contributed by atoms with E-state index in [4.69, 9.17) is 16.6 Å². The van der Waals surface area contributed by atoms with Gasteiger partial charge < -0.3 is 14.6 Å². The fourth-order valence-electron chi connectivity index (χ4n) is 3.02. The lowest BCUT2D eigenvalue weighted by Crippen LogP contribution is -2.21. The predicted molar refractivity (Wildman–Crippen MR) is 118 cm³/mol. The van der Waals surface area contributed by atoms with E-state index in [-0.39, 0.29) is 5.75 Å². The first-order chi connectivity index (χ1) is 14.9. The van der Waals surface area contributed by atoms with E-state index < -0.39 is 6.36 Å². The van der Waals surface area contributed by atoms with Crippen molar-refractivity contribution in [3.63, 3.8) is 0 Å². The molecule has 0 saturated carbocycles. The minimum atomic E-state index is -4.70. The number of nitrogens with zero attached hydrogens (tertiary/aromatic N) is 2. The summed E-state index contributed by atoms with van der Waals surface area (Å²) in [7, 11) is 0. The van der Waals surface area contributed by atoms with E-state index in [1.807, 2.05) is 29.6 Å². The Morgan fingerprint density at radius 2 is 1.81 bits per heavy atom. The average molecular weight is 470 g/mol. The zero-order valence-corrected chi connectivity index (χ0v) is 18.5. The number of halogens is 4. The van der Waals surface area contributed by atoms with Crippen LogP contribution in [0.3, 0.4) is 0 Å². The largest absolute Gasteiger partial charge is 0.573 e. The summed E-state index contributed by atoms with van der Waals surface area (Å²) < 4.78 is 43.4. The van der Waals surface area contributed by atoms with Crippen LogP contribution < -0.4 is 14.9 Å². The molecule has 0 spiro atoms. The van der Waals surface area contributed by atoms with Gasteiger partial charge in [0.25, 0.3) is 0 Å². The fourth-order valence-corrected chi connectivity index (χ4v) is 4.08. The van der Waals surface area contributed by atoms with Gasteiger partial charge in [0.1, 0.15) is 5.75 Å². The maximum absolute atomic E-state index is 12.4. The molecule has 166 valence electrons. The second-order valence-corrected chi connectivity index (χ2v) is 8.05. The Hall–Kier alpha value is -2.29. The van der Waals surface area contributed by atoms with E-state index in [0.717, 1.165) is 47.7 Å². The van der Waals surface area contributed by atoms with Crippen LogP contribution in [0.4, 0.5) is 13.2 Å². The van der Waals surface area contributed by atoms with Gasteiger partial charge in [-0.05, 0) is 67.0 Å². The zero-order chi connectivity index (χ0) is 22.3. The molecule has 0 bridgehead atoms. The number of ether oxygens (including phenoxy) is 1. The molecule has 0 atom stereocenters. The lowest BCUT2D eigenvalue weighted by Gasteiger charge is -2.11. The van der Waals surface area contributed by atoms with Crippen LogP contribution in [0.15, 0.2) is 58.9 Å². The summed E-state index contributed by atoms with van der Waals surface area (Å²) in [5, 5.41) is 5.96. The molecular formula is C22H23ClF3N3OS. The summed E-state index contributed by atoms with van der Waals surface area (Å²) in [5.74, 6) is -0.238. The van der Waals surface area contributed by atoms with Gasteiger partial charge in [0.15, 0.2) is 4.80 Å². The lowest BCUT2D eigenvalue weighted by atomic mass is 10.1. The van der Waals surface area contributed by atoms with Crippen LogP contribution in [-0.2, 0) is 13.1 Å². The summed E-state index contributed by atoms with van der Waals surface area (Å²) in [4.78, 5) is 5.62. The molecule has 1 aromatic heterocycles. The summed E-state index contributed by atoms with van der Waals surface area (Å²) in [6.07, 6.45) is -3.80. The van der Waals surface area contributed by atoms with Gasteiger partial charge in [0.2, 0.25) is 0 Å². The highest BCUT2D eigenvalue weighted by Crippen LogP contribution is 2.27. The molecule has 0 amide bonds. The van der Waals surface area contributed by atoms with Crippen LogP contribution in [0.25, 0.3) is 11.3 Å². The SMILES string of the molecule is CCNCCCn1c(-c2ccc(OC(F)(F)F)cc2)cs/c1=N\Cc1ccc(Cl)cc1. The molecule has 0 aliphatic rings. The second-order valence-electron chi connectivity index (χ2n) is 6.78. The third-order valence-corrected chi connectivity index (χ3v) is 5.63. The first-order valence-corrected chi connectivity index (χ1v) is 11.1. The summed E-state index contributed by atoms with van der Waals surface area (Å²) in [5.41, 5.74) is 2.77. The topological polar surface area (TPSA) is 38.5 Å². The Morgan fingerprint density at radius 1 is 1.10 bits per heavy atom. The number of alkyl halides is 3. The minimum Gasteiger partial charge on any atom is -0.406 e. The third kappa shape index (κ3) is 7.12. The molecule has 0 saturated heterocycles. The van der Waals surface area contributed by atoms with Gasteiger partial charge in [-0.2, -0.15) is 0 Å². The normalized spacial score (nSPS) is 12.4. The van der Waals surface area contributed by atoms with E-state index in [2.05, 4.69) is 21.5 Å². The molecule has 3 rings (SSSR count). The van der Waals surface area contributed by atoms with Gasteiger partial charge in [-0.1, -0.05) is 30.7 Å². The van der Waals surface area contributed by atoms with Crippen LogP contribution in [0.1, 0.15) is 18.9 Å². The average Bonchev–Trinajstić information content (AvgIpc) is 3.13. The molecular weight excluding hydrogens is 447 g/mol. The van der Waals surface area contributed by atoms with Gasteiger partial charge in [0, 0.05) is 16.9 Å². The van der Waals surface area contributed by atoms with Crippen LogP contribution in [0, 0.1) is 0 Å². The minimum absolute atomic E-state index is 0.238. The molecule has 9 heteroatoms. The molecule has 4 nitrogen and oxygen atoms in total. The summed E-state index contributed by atoms with van der Waals surface area (Å²) >= 11 is 7.45. The fraction of sp³-hybridized carbons (Fsp3) is 0.318. The number of thiazole rings is 1. The number of hydrogen-bond acceptors (Lipinski definition) is 4. The van der Waals surface area contributed by atoms with Gasteiger partial charge in [0.05, 0.1) is 12.2 Å². The first kappa shape index (κ1) is 23.4. The molecule has 1 heterocycles. The van der Waals surface area contributed by atoms with E-state index >= 15 is 0 Å². The Bertz CT molecular complexity index is 1030. The van der Waals surface area contributed by atoms with Crippen molar-refractivity contribution in [1.82, 2.24) is 9.88 Å². The standard InChI is InChI=1S/C22H23ClF3N3OS/c1-2-27-12-3-13-29-20(17-6-10-19(11-7-17)30-22(24,25)26)15-31-21(29)28-14-16-4-8-18(23)9-5-16/h4-11,15,27H,2-3,12-14H2,1H3/b28-21-. The monoisotopic (exact) mass is 469 g/mol. The molecule has 0 aliphatic heterocycles. The third-order valence-electron chi connectivity index (χ3n) is 4.48. The van der Waals surface area contributed by atoms with E-state index in [1.54, 1.807) is 12.1 Å². The summed E-state index contributed by atoms with van der Waals surface area (Å²) in [6, 6.07) is 13.5. The molecule has 0 unspecified atom stereocenters. The van der Waals surface area contributed by atoms with Crippen LogP contribution >= 0.6 is 22.9 Å². The molecule has 0 fully saturated rings. The molecule has 1 N–H and O–H groups in total. The molecule has 31 heavy (non-hydrogen) atoms. The van der Waals surface area contributed by atoms with Crippen LogP contribution in [-0.4, -0.2) is 24.0 Å². The van der Waals surface area contributed by atoms with Crippen molar-refractivity contribution in [1.29, 1.82) is 0 Å². The van der Waals surface area contributed by atoms with Gasteiger partial charge in [-0.3, -0.25) is 4.99 Å². The van der Waals surface area contributed by atoms with Crippen molar-refractivity contribution >= 4 is 22.9 Å². The van der Waals surface area contributed by atoms with Gasteiger partial charge in [-0.25, -0.2) is 0 Å². The summed E-state index contributed by atoms with van der Waals surface area (Å²) in [6.45, 7) is 5.08. The number of aromatic nitrogens is 1. The highest BCUT2D eigenvalue weighted by Gasteiger charge is 2.31. The number of benzene rings is 2. The van der Waals surface area contributed by atoms with Crippen molar-refractivity contribution in [2.45, 2.75) is 32.8 Å². The number of hydrogen-bond donors (Lipinski definition) is 1. The zero-order valence-electron chi connectivity index (χ0n) is 17.0. The van der Waals surface area contributed by atoms with Crippen molar-refractivity contribution in [2.24, 2.45) is 4.99 Å². The highest BCUT2D eigenvalue weighted by molar-refractivity contribution is 7.07. The van der Waals surface area contributed by atoms with E-state index in [1.165, 1.54) is 23.5 Å². The Morgan fingerprint density at radius 3 is 2.45 bits per heavy atom. The van der Waals surface area contributed by atoms with Crippen molar-refractivity contribution in [3.8, 4) is 17.0 Å². The number of rotatable bonds is 9. The van der Waals surface area contributed by atoms with Crippen LogP contribution in [0.5, 0.6) is 5.75 Å². The highest BCUT2D eigenvalue weighted by atomic mass is 35.5. The maximum atomic E-state index is 12.4. The maximum Gasteiger partial charge on any atom is 0.573 e. The van der Waals surface area contributed by atoms with Gasteiger partial charge >= 0.3 is 6.36 Å². The Kier molecular flexibility index (Phi) is 8.17. The van der Waals surface area contributed by atoms with Crippen molar-refractivity contribution in [2.75, 3.05) is 13.1 Å². The Labute approximate surface area is 188 Å². The first-order valence-electron chi connectivity index (χ1n) is 9.86. The van der Waals surface area contributed by atoms with Gasteiger partial charge in [-0.15, -0.1) is 24.5 Å². The molecule has 0 aliphatic carbocycles. The van der Waals surface area contributed by atoms with E-state index in [0.29, 0.717) is 11.6 Å². The number of nitrogens with one attached hydrogen (secondary N) is 1. The smallest absolute Gasteiger partial charge is 0.406 e. The Balaban J connectivity index is 1.86. The van der Waals surface area contributed by atoms with Crippen molar-refractivity contribution in [3.05, 3.63) is 69.3 Å². The lowest BCUT2D eigenvalue weighted by molar-refractivity contribution is -0.274. The molecule has 0 radical (unpaired) electrons. The van der Waals surface area contributed by atoms with Crippen molar-refractivity contribution < 1.29 is 17.9 Å². The second kappa shape index (κ2) is 10.8. The predicted octanol–water partition coefficient (Wildman–Crippen LogP) is 5.87.